The normalized spacial score (nSPS) is 15.2. The minimum absolute atomic E-state index is 0.0921. The van der Waals surface area contributed by atoms with Crippen molar-refractivity contribution in [1.29, 1.82) is 0 Å². The monoisotopic (exact) mass is 323 g/mol. The summed E-state index contributed by atoms with van der Waals surface area (Å²) in [4.78, 5) is 0. The van der Waals surface area contributed by atoms with E-state index in [0.29, 0.717) is 5.92 Å². The lowest BCUT2D eigenvalue weighted by molar-refractivity contribution is 0.457. The molecule has 0 bridgehead atoms. The third-order valence-corrected chi connectivity index (χ3v) is 4.16. The summed E-state index contributed by atoms with van der Waals surface area (Å²) in [5.41, 5.74) is 7.24. The lowest BCUT2D eigenvalue weighted by Gasteiger charge is -2.19. The molecule has 0 aliphatic heterocycles. The number of rotatable bonds is 3. The second-order valence-corrected chi connectivity index (χ2v) is 5.15. The van der Waals surface area contributed by atoms with E-state index in [0.717, 1.165) is 20.6 Å². The van der Waals surface area contributed by atoms with Crippen LogP contribution in [0.5, 0.6) is 0 Å². The Labute approximate surface area is 104 Å². The van der Waals surface area contributed by atoms with E-state index in [-0.39, 0.29) is 6.04 Å². The van der Waals surface area contributed by atoms with Gasteiger partial charge in [-0.1, -0.05) is 37.9 Å². The van der Waals surface area contributed by atoms with Gasteiger partial charge in [-0.25, -0.2) is 0 Å². The van der Waals surface area contributed by atoms with Gasteiger partial charge in [0, 0.05) is 9.61 Å². The number of nitrogens with two attached hydrogens (primary N) is 1. The van der Waals surface area contributed by atoms with Gasteiger partial charge >= 0.3 is 0 Å². The molecule has 3 heteroatoms. The minimum atomic E-state index is 0.0921. The SMILES string of the molecule is CCC(C)C(N)c1ccc(I)c(Cl)c1. The van der Waals surface area contributed by atoms with Crippen LogP contribution < -0.4 is 5.73 Å². The summed E-state index contributed by atoms with van der Waals surface area (Å²) in [6.45, 7) is 4.31. The maximum Gasteiger partial charge on any atom is 0.0542 e. The van der Waals surface area contributed by atoms with Gasteiger partial charge in [0.05, 0.1) is 5.02 Å². The summed E-state index contributed by atoms with van der Waals surface area (Å²) in [6, 6.07) is 6.14. The van der Waals surface area contributed by atoms with Gasteiger partial charge in [0.1, 0.15) is 0 Å². The Morgan fingerprint density at radius 2 is 2.14 bits per heavy atom. The zero-order valence-corrected chi connectivity index (χ0v) is 11.3. The summed E-state index contributed by atoms with van der Waals surface area (Å²) in [5, 5.41) is 0.793. The van der Waals surface area contributed by atoms with Crippen LogP contribution in [0.4, 0.5) is 0 Å². The molecule has 0 fully saturated rings. The molecule has 0 aliphatic rings. The van der Waals surface area contributed by atoms with Crippen LogP contribution in [0.15, 0.2) is 18.2 Å². The molecule has 1 rings (SSSR count). The highest BCUT2D eigenvalue weighted by Crippen LogP contribution is 2.26. The topological polar surface area (TPSA) is 26.0 Å². The molecule has 2 atom stereocenters. The highest BCUT2D eigenvalue weighted by atomic mass is 127. The average molecular weight is 324 g/mol. The predicted octanol–water partition coefficient (Wildman–Crippen LogP) is 3.99. The first-order valence-electron chi connectivity index (χ1n) is 4.76. The van der Waals surface area contributed by atoms with Crippen LogP contribution >= 0.6 is 34.2 Å². The van der Waals surface area contributed by atoms with Crippen molar-refractivity contribution in [2.24, 2.45) is 11.7 Å². The standard InChI is InChI=1S/C11H15ClIN/c1-3-7(2)11(14)8-4-5-10(13)9(12)6-8/h4-7,11H,3,14H2,1-2H3. The maximum atomic E-state index is 6.11. The van der Waals surface area contributed by atoms with Crippen molar-refractivity contribution in [1.82, 2.24) is 0 Å². The van der Waals surface area contributed by atoms with Crippen molar-refractivity contribution in [2.75, 3.05) is 0 Å². The van der Waals surface area contributed by atoms with Crippen molar-refractivity contribution in [3.63, 3.8) is 0 Å². The molecule has 0 aromatic heterocycles. The number of hydrogen-bond acceptors (Lipinski definition) is 1. The van der Waals surface area contributed by atoms with E-state index < -0.39 is 0 Å². The van der Waals surface area contributed by atoms with E-state index in [2.05, 4.69) is 42.5 Å². The lowest BCUT2D eigenvalue weighted by atomic mass is 9.93. The van der Waals surface area contributed by atoms with Crippen LogP contribution in [0.25, 0.3) is 0 Å². The second-order valence-electron chi connectivity index (χ2n) is 3.58. The van der Waals surface area contributed by atoms with E-state index in [1.807, 2.05) is 12.1 Å². The quantitative estimate of drug-likeness (QED) is 0.836. The largest absolute Gasteiger partial charge is 0.324 e. The lowest BCUT2D eigenvalue weighted by Crippen LogP contribution is -2.18. The highest BCUT2D eigenvalue weighted by molar-refractivity contribution is 14.1. The molecule has 14 heavy (non-hydrogen) atoms. The maximum absolute atomic E-state index is 6.11. The zero-order chi connectivity index (χ0) is 10.7. The first-order valence-corrected chi connectivity index (χ1v) is 6.22. The molecule has 0 saturated heterocycles. The summed E-state index contributed by atoms with van der Waals surface area (Å²) in [7, 11) is 0. The van der Waals surface area contributed by atoms with Crippen LogP contribution in [0.3, 0.4) is 0 Å². The van der Waals surface area contributed by atoms with Gasteiger partial charge in [0.25, 0.3) is 0 Å². The van der Waals surface area contributed by atoms with Crippen LogP contribution in [-0.2, 0) is 0 Å². The van der Waals surface area contributed by atoms with Crippen molar-refractivity contribution in [3.8, 4) is 0 Å². The second kappa shape index (κ2) is 5.33. The summed E-state index contributed by atoms with van der Waals surface area (Å²) in [5.74, 6) is 0.492. The molecule has 78 valence electrons. The fraction of sp³-hybridized carbons (Fsp3) is 0.455. The minimum Gasteiger partial charge on any atom is -0.324 e. The summed E-state index contributed by atoms with van der Waals surface area (Å²) >= 11 is 8.26. The number of hydrogen-bond donors (Lipinski definition) is 1. The van der Waals surface area contributed by atoms with E-state index in [4.69, 9.17) is 17.3 Å². The van der Waals surface area contributed by atoms with Crippen molar-refractivity contribution < 1.29 is 0 Å². The molecule has 1 aromatic carbocycles. The van der Waals surface area contributed by atoms with Crippen LogP contribution in [-0.4, -0.2) is 0 Å². The summed E-state index contributed by atoms with van der Waals surface area (Å²) < 4.78 is 1.07. The number of benzene rings is 1. The molecule has 2 N–H and O–H groups in total. The molecular weight excluding hydrogens is 308 g/mol. The van der Waals surface area contributed by atoms with Crippen LogP contribution in [0.1, 0.15) is 31.9 Å². The van der Waals surface area contributed by atoms with Gasteiger partial charge in [-0.2, -0.15) is 0 Å². The van der Waals surface area contributed by atoms with Crippen molar-refractivity contribution in [2.45, 2.75) is 26.3 Å². The van der Waals surface area contributed by atoms with E-state index in [1.54, 1.807) is 0 Å². The Morgan fingerprint density at radius 1 is 1.50 bits per heavy atom. The molecule has 2 unspecified atom stereocenters. The smallest absolute Gasteiger partial charge is 0.0542 e. The van der Waals surface area contributed by atoms with Gasteiger partial charge in [0.2, 0.25) is 0 Å². The van der Waals surface area contributed by atoms with Crippen LogP contribution in [0, 0.1) is 9.49 Å². The van der Waals surface area contributed by atoms with Gasteiger partial charge in [-0.3, -0.25) is 0 Å². The highest BCUT2D eigenvalue weighted by Gasteiger charge is 2.13. The molecule has 1 nitrogen and oxygen atoms in total. The van der Waals surface area contributed by atoms with E-state index in [1.165, 1.54) is 0 Å². The van der Waals surface area contributed by atoms with Crippen molar-refractivity contribution in [3.05, 3.63) is 32.4 Å². The molecular formula is C11H15ClIN. The Bertz CT molecular complexity index is 314. The molecule has 0 spiro atoms. The van der Waals surface area contributed by atoms with Gasteiger partial charge < -0.3 is 5.73 Å². The Balaban J connectivity index is 2.91. The Hall–Kier alpha value is 0.200. The van der Waals surface area contributed by atoms with E-state index >= 15 is 0 Å². The van der Waals surface area contributed by atoms with Gasteiger partial charge in [-0.05, 0) is 46.2 Å². The predicted molar refractivity (Wildman–Crippen MR) is 70.6 cm³/mol. The molecule has 0 saturated carbocycles. The molecule has 1 aromatic rings. The van der Waals surface area contributed by atoms with E-state index in [9.17, 15) is 0 Å². The van der Waals surface area contributed by atoms with Gasteiger partial charge in [0.15, 0.2) is 0 Å². The Morgan fingerprint density at radius 3 is 2.64 bits per heavy atom. The molecule has 0 amide bonds. The van der Waals surface area contributed by atoms with Crippen molar-refractivity contribution >= 4 is 34.2 Å². The average Bonchev–Trinajstić information content (AvgIpc) is 2.20. The molecule has 0 heterocycles. The first kappa shape index (κ1) is 12.3. The Kier molecular flexibility index (Phi) is 4.67. The first-order chi connectivity index (χ1) is 6.56. The van der Waals surface area contributed by atoms with Gasteiger partial charge in [-0.15, -0.1) is 0 Å². The zero-order valence-electron chi connectivity index (χ0n) is 8.43. The van der Waals surface area contributed by atoms with Crippen LogP contribution in [0.2, 0.25) is 5.02 Å². The fourth-order valence-electron chi connectivity index (χ4n) is 1.30. The third kappa shape index (κ3) is 2.84. The molecule has 0 radical (unpaired) electrons. The molecule has 0 aliphatic carbocycles. The number of halogens is 2. The summed E-state index contributed by atoms with van der Waals surface area (Å²) in [6.07, 6.45) is 1.09. The fourth-order valence-corrected chi connectivity index (χ4v) is 1.83. The third-order valence-electron chi connectivity index (χ3n) is 2.59.